The average Bonchev–Trinajstić information content (AvgIpc) is 2.83. The predicted molar refractivity (Wildman–Crippen MR) is 109 cm³/mol. The molecule has 1 N–H and O–H groups in total. The summed E-state index contributed by atoms with van der Waals surface area (Å²) in [6, 6.07) is 16.8. The fourth-order valence-corrected chi connectivity index (χ4v) is 3.90. The van der Waals surface area contributed by atoms with Crippen LogP contribution in [-0.4, -0.2) is 27.6 Å². The number of carbonyl (C=O) groups is 2. The van der Waals surface area contributed by atoms with Crippen molar-refractivity contribution in [3.63, 3.8) is 0 Å². The molecule has 0 unspecified atom stereocenters. The van der Waals surface area contributed by atoms with E-state index in [1.165, 1.54) is 16.7 Å². The Morgan fingerprint density at radius 1 is 1.20 bits per heavy atom. The number of carbonyl (C=O) groups excluding carboxylic acids is 2. The highest BCUT2D eigenvalue weighted by Gasteiger charge is 2.33. The minimum Gasteiger partial charge on any atom is -0.324 e. The number of benzene rings is 2. The zero-order valence-electron chi connectivity index (χ0n) is 12.9. The fraction of sp³-hybridized carbons (Fsp3) is 0.0556. The number of anilines is 1. The van der Waals surface area contributed by atoms with Crippen LogP contribution in [0.4, 0.5) is 5.69 Å². The van der Waals surface area contributed by atoms with Gasteiger partial charge in [0.25, 0.3) is 5.91 Å². The third-order valence-electron chi connectivity index (χ3n) is 3.38. The van der Waals surface area contributed by atoms with Crippen molar-refractivity contribution in [2.75, 3.05) is 11.9 Å². The molecule has 7 heteroatoms. The lowest BCUT2D eigenvalue weighted by Gasteiger charge is -2.14. The summed E-state index contributed by atoms with van der Waals surface area (Å²) >= 11 is 9.81. The molecule has 1 aliphatic rings. The third kappa shape index (κ3) is 4.56. The Balaban J connectivity index is 1.68. The Kier molecular flexibility index (Phi) is 5.67. The van der Waals surface area contributed by atoms with Crippen LogP contribution in [0.15, 0.2) is 64.0 Å². The summed E-state index contributed by atoms with van der Waals surface area (Å²) in [6.45, 7) is -0.108. The van der Waals surface area contributed by atoms with E-state index in [0.717, 1.165) is 10.0 Å². The molecular formula is C18H13BrN2O2S2. The number of halogens is 1. The number of nitrogens with zero attached hydrogens (tertiary/aromatic N) is 1. The van der Waals surface area contributed by atoms with E-state index in [2.05, 4.69) is 21.2 Å². The molecule has 126 valence electrons. The number of amides is 2. The number of thiocarbonyl (C=S) groups is 1. The maximum absolute atomic E-state index is 12.5. The first kappa shape index (κ1) is 17.8. The van der Waals surface area contributed by atoms with Gasteiger partial charge >= 0.3 is 0 Å². The van der Waals surface area contributed by atoms with E-state index in [1.54, 1.807) is 18.2 Å². The predicted octanol–water partition coefficient (Wildman–Crippen LogP) is 4.29. The SMILES string of the molecule is O=C(CN1C(=O)/C(=C/c2ccccc2)SC1=S)Nc1cccc(Br)c1. The van der Waals surface area contributed by atoms with Crippen LogP contribution in [0.3, 0.4) is 0 Å². The Morgan fingerprint density at radius 2 is 1.96 bits per heavy atom. The van der Waals surface area contributed by atoms with E-state index >= 15 is 0 Å². The Hall–Kier alpha value is -1.96. The monoisotopic (exact) mass is 432 g/mol. The standard InChI is InChI=1S/C18H13BrN2O2S2/c19-13-7-4-8-14(10-13)20-16(22)11-21-17(23)15(25-18(21)24)9-12-5-2-1-3-6-12/h1-10H,11H2,(H,20,22)/b15-9-. The van der Waals surface area contributed by atoms with Crippen LogP contribution in [0, 0.1) is 0 Å². The lowest BCUT2D eigenvalue weighted by molar-refractivity contribution is -0.126. The molecule has 1 aliphatic heterocycles. The number of hydrogen-bond acceptors (Lipinski definition) is 4. The first-order chi connectivity index (χ1) is 12.0. The number of thioether (sulfide) groups is 1. The minimum absolute atomic E-state index is 0.108. The van der Waals surface area contributed by atoms with E-state index in [0.29, 0.717) is 14.9 Å². The van der Waals surface area contributed by atoms with Crippen LogP contribution in [0.2, 0.25) is 0 Å². The van der Waals surface area contributed by atoms with Crippen LogP contribution >= 0.6 is 39.9 Å². The Morgan fingerprint density at radius 3 is 2.68 bits per heavy atom. The summed E-state index contributed by atoms with van der Waals surface area (Å²) in [5.41, 5.74) is 1.58. The van der Waals surface area contributed by atoms with Gasteiger partial charge in [-0.15, -0.1) is 0 Å². The summed E-state index contributed by atoms with van der Waals surface area (Å²) in [5, 5.41) is 2.76. The average molecular weight is 433 g/mol. The fourth-order valence-electron chi connectivity index (χ4n) is 2.25. The second-order valence-corrected chi connectivity index (χ2v) is 7.83. The van der Waals surface area contributed by atoms with Gasteiger partial charge in [-0.25, -0.2) is 0 Å². The maximum atomic E-state index is 12.5. The first-order valence-corrected chi connectivity index (χ1v) is 9.40. The topological polar surface area (TPSA) is 49.4 Å². The van der Waals surface area contributed by atoms with Crippen LogP contribution < -0.4 is 5.32 Å². The van der Waals surface area contributed by atoms with Crippen molar-refractivity contribution >= 4 is 67.8 Å². The molecule has 0 aliphatic carbocycles. The summed E-state index contributed by atoms with van der Waals surface area (Å²) in [4.78, 5) is 26.6. The zero-order chi connectivity index (χ0) is 17.8. The van der Waals surface area contributed by atoms with Crippen molar-refractivity contribution in [3.8, 4) is 0 Å². The van der Waals surface area contributed by atoms with Gasteiger partial charge in [0.05, 0.1) is 4.91 Å². The smallest absolute Gasteiger partial charge is 0.266 e. The maximum Gasteiger partial charge on any atom is 0.266 e. The van der Waals surface area contributed by atoms with Crippen molar-refractivity contribution in [1.29, 1.82) is 0 Å². The molecule has 25 heavy (non-hydrogen) atoms. The molecule has 0 aromatic heterocycles. The van der Waals surface area contributed by atoms with Crippen molar-refractivity contribution < 1.29 is 9.59 Å². The molecule has 4 nitrogen and oxygen atoms in total. The molecule has 0 spiro atoms. The van der Waals surface area contributed by atoms with Crippen molar-refractivity contribution in [1.82, 2.24) is 4.90 Å². The van der Waals surface area contributed by atoms with Gasteiger partial charge in [-0.1, -0.05) is 76.3 Å². The molecule has 1 saturated heterocycles. The number of hydrogen-bond donors (Lipinski definition) is 1. The van der Waals surface area contributed by atoms with Gasteiger partial charge in [-0.3, -0.25) is 14.5 Å². The summed E-state index contributed by atoms with van der Waals surface area (Å²) in [7, 11) is 0. The molecule has 0 radical (unpaired) electrons. The summed E-state index contributed by atoms with van der Waals surface area (Å²) < 4.78 is 1.25. The molecule has 1 heterocycles. The van der Waals surface area contributed by atoms with Gasteiger partial charge in [0, 0.05) is 10.2 Å². The highest BCUT2D eigenvalue weighted by molar-refractivity contribution is 9.10. The van der Waals surface area contributed by atoms with Crippen LogP contribution in [0.25, 0.3) is 6.08 Å². The quantitative estimate of drug-likeness (QED) is 0.578. The van der Waals surface area contributed by atoms with Crippen LogP contribution in [0.5, 0.6) is 0 Å². The van der Waals surface area contributed by atoms with Gasteiger partial charge < -0.3 is 5.32 Å². The normalized spacial score (nSPS) is 15.7. The van der Waals surface area contributed by atoms with E-state index in [-0.39, 0.29) is 18.4 Å². The highest BCUT2D eigenvalue weighted by atomic mass is 79.9. The molecule has 2 aromatic carbocycles. The molecule has 0 bridgehead atoms. The van der Waals surface area contributed by atoms with Crippen molar-refractivity contribution in [2.45, 2.75) is 0 Å². The van der Waals surface area contributed by atoms with E-state index in [1.807, 2.05) is 42.5 Å². The van der Waals surface area contributed by atoms with E-state index in [9.17, 15) is 9.59 Å². The van der Waals surface area contributed by atoms with E-state index < -0.39 is 0 Å². The molecular weight excluding hydrogens is 420 g/mol. The van der Waals surface area contributed by atoms with Gasteiger partial charge in [0.2, 0.25) is 5.91 Å². The lowest BCUT2D eigenvalue weighted by atomic mass is 10.2. The van der Waals surface area contributed by atoms with Gasteiger partial charge in [-0.05, 0) is 29.8 Å². The summed E-state index contributed by atoms with van der Waals surface area (Å²) in [6.07, 6.45) is 1.78. The third-order valence-corrected chi connectivity index (χ3v) is 5.25. The van der Waals surface area contributed by atoms with Crippen LogP contribution in [-0.2, 0) is 9.59 Å². The van der Waals surface area contributed by atoms with Crippen LogP contribution in [0.1, 0.15) is 5.56 Å². The van der Waals surface area contributed by atoms with Gasteiger partial charge in [0.1, 0.15) is 10.9 Å². The number of nitrogens with one attached hydrogen (secondary N) is 1. The first-order valence-electron chi connectivity index (χ1n) is 7.39. The largest absolute Gasteiger partial charge is 0.324 e. The van der Waals surface area contributed by atoms with Gasteiger partial charge in [-0.2, -0.15) is 0 Å². The van der Waals surface area contributed by atoms with Crippen molar-refractivity contribution in [2.24, 2.45) is 0 Å². The Labute approximate surface area is 163 Å². The molecule has 2 aromatic rings. The number of rotatable bonds is 4. The molecule has 1 fully saturated rings. The molecule has 2 amide bonds. The second-order valence-electron chi connectivity index (χ2n) is 5.24. The van der Waals surface area contributed by atoms with Gasteiger partial charge in [0.15, 0.2) is 0 Å². The highest BCUT2D eigenvalue weighted by Crippen LogP contribution is 2.32. The molecule has 0 atom stereocenters. The second kappa shape index (κ2) is 7.95. The molecule has 0 saturated carbocycles. The van der Waals surface area contributed by atoms with E-state index in [4.69, 9.17) is 12.2 Å². The Bertz CT molecular complexity index is 868. The zero-order valence-corrected chi connectivity index (χ0v) is 16.2. The van der Waals surface area contributed by atoms with Crippen molar-refractivity contribution in [3.05, 3.63) is 69.5 Å². The minimum atomic E-state index is -0.296. The summed E-state index contributed by atoms with van der Waals surface area (Å²) in [5.74, 6) is -0.543. The lowest BCUT2D eigenvalue weighted by Crippen LogP contribution is -2.36. The molecule has 3 rings (SSSR count).